The number of carbonyl (C=O) groups excluding carboxylic acids is 3. The van der Waals surface area contributed by atoms with Gasteiger partial charge in [-0.3, -0.25) is 9.59 Å². The van der Waals surface area contributed by atoms with Gasteiger partial charge < -0.3 is 4.79 Å². The predicted molar refractivity (Wildman–Crippen MR) is 72.6 cm³/mol. The largest absolute Gasteiger partial charge is 0.303 e. The molecule has 0 aromatic carbocycles. The first kappa shape index (κ1) is 13.9. The van der Waals surface area contributed by atoms with E-state index >= 15 is 0 Å². The molecule has 0 aromatic rings. The molecule has 0 radical (unpaired) electrons. The molecule has 2 rings (SSSR count). The van der Waals surface area contributed by atoms with E-state index in [-0.39, 0.29) is 23.4 Å². The Balaban J connectivity index is 2.27. The highest BCUT2D eigenvalue weighted by molar-refractivity contribution is 6.24. The fourth-order valence-electron chi connectivity index (χ4n) is 3.15. The van der Waals surface area contributed by atoms with Gasteiger partial charge in [0.05, 0.1) is 0 Å². The van der Waals surface area contributed by atoms with Gasteiger partial charge in [0.25, 0.3) is 0 Å². The number of aldehydes is 1. The molecular formula is C16H20O3. The topological polar surface area (TPSA) is 51.2 Å². The number of rotatable bonds is 2. The van der Waals surface area contributed by atoms with E-state index in [1.807, 2.05) is 0 Å². The van der Waals surface area contributed by atoms with Crippen molar-refractivity contribution in [2.75, 3.05) is 0 Å². The number of allylic oxidation sites excluding steroid dienone is 4. The maximum Gasteiger partial charge on any atom is 0.185 e. The fourth-order valence-corrected chi connectivity index (χ4v) is 3.15. The van der Waals surface area contributed by atoms with E-state index < -0.39 is 0 Å². The monoisotopic (exact) mass is 260 g/mol. The molecule has 1 saturated carbocycles. The summed E-state index contributed by atoms with van der Waals surface area (Å²) < 4.78 is 0. The van der Waals surface area contributed by atoms with Gasteiger partial charge >= 0.3 is 0 Å². The summed E-state index contributed by atoms with van der Waals surface area (Å²) in [5.41, 5.74) is 2.48. The summed E-state index contributed by atoms with van der Waals surface area (Å²) >= 11 is 0. The smallest absolute Gasteiger partial charge is 0.185 e. The Kier molecular flexibility index (Phi) is 3.83. The van der Waals surface area contributed by atoms with Gasteiger partial charge in [0.2, 0.25) is 0 Å². The second-order valence-corrected chi connectivity index (χ2v) is 5.69. The summed E-state index contributed by atoms with van der Waals surface area (Å²) in [6.45, 7) is 5.22. The highest BCUT2D eigenvalue weighted by Gasteiger charge is 2.34. The lowest BCUT2D eigenvalue weighted by Gasteiger charge is -2.30. The highest BCUT2D eigenvalue weighted by atomic mass is 16.1. The summed E-state index contributed by atoms with van der Waals surface area (Å²) in [4.78, 5) is 35.3. The molecule has 2 aliphatic rings. The number of hydrogen-bond donors (Lipinski definition) is 0. The summed E-state index contributed by atoms with van der Waals surface area (Å²) in [7, 11) is 0. The first-order chi connectivity index (χ1) is 8.97. The van der Waals surface area contributed by atoms with Crippen molar-refractivity contribution in [1.82, 2.24) is 0 Å². The van der Waals surface area contributed by atoms with Crippen LogP contribution in [0.4, 0.5) is 0 Å². The molecule has 0 N–H and O–H groups in total. The van der Waals surface area contributed by atoms with Crippen molar-refractivity contribution in [2.45, 2.75) is 46.5 Å². The molecule has 0 heterocycles. The minimum Gasteiger partial charge on any atom is -0.303 e. The van der Waals surface area contributed by atoms with Crippen molar-refractivity contribution < 1.29 is 14.4 Å². The van der Waals surface area contributed by atoms with E-state index in [0.717, 1.165) is 32.0 Å². The quantitative estimate of drug-likeness (QED) is 0.566. The molecule has 0 atom stereocenters. The van der Waals surface area contributed by atoms with Crippen LogP contribution in [0.1, 0.15) is 46.5 Å². The maximum absolute atomic E-state index is 12.4. The van der Waals surface area contributed by atoms with Crippen LogP contribution in [0.3, 0.4) is 0 Å². The zero-order valence-corrected chi connectivity index (χ0v) is 11.8. The summed E-state index contributed by atoms with van der Waals surface area (Å²) in [5, 5.41) is 0. The lowest BCUT2D eigenvalue weighted by Crippen LogP contribution is -2.28. The van der Waals surface area contributed by atoms with E-state index in [2.05, 4.69) is 0 Å². The Morgan fingerprint density at radius 2 is 1.37 bits per heavy atom. The van der Waals surface area contributed by atoms with Gasteiger partial charge in [0.1, 0.15) is 6.29 Å². The molecule has 0 aromatic heterocycles. The van der Waals surface area contributed by atoms with E-state index in [1.165, 1.54) is 0 Å². The molecule has 0 spiro atoms. The molecule has 1 fully saturated rings. The molecule has 0 unspecified atom stereocenters. The molecule has 19 heavy (non-hydrogen) atoms. The third-order valence-corrected chi connectivity index (χ3v) is 4.61. The molecule has 0 amide bonds. The Hall–Kier alpha value is -1.51. The molecule has 0 saturated heterocycles. The van der Waals surface area contributed by atoms with Crippen molar-refractivity contribution in [3.8, 4) is 0 Å². The summed E-state index contributed by atoms with van der Waals surface area (Å²) in [6, 6.07) is 0. The van der Waals surface area contributed by atoms with Crippen LogP contribution in [0.15, 0.2) is 22.3 Å². The van der Waals surface area contributed by atoms with Crippen molar-refractivity contribution >= 4 is 17.9 Å². The minimum absolute atomic E-state index is 0.00427. The molecular weight excluding hydrogens is 240 g/mol. The Morgan fingerprint density at radius 1 is 0.842 bits per heavy atom. The van der Waals surface area contributed by atoms with E-state index in [1.54, 1.807) is 20.8 Å². The van der Waals surface area contributed by atoms with Crippen molar-refractivity contribution in [3.63, 3.8) is 0 Å². The van der Waals surface area contributed by atoms with Crippen LogP contribution in [0, 0.1) is 11.8 Å². The van der Waals surface area contributed by atoms with Crippen LogP contribution in [0.5, 0.6) is 0 Å². The summed E-state index contributed by atoms with van der Waals surface area (Å²) in [6.07, 6.45) is 4.34. The average Bonchev–Trinajstić information content (AvgIpc) is 2.44. The Labute approximate surface area is 113 Å². The Bertz CT molecular complexity index is 500. The third-order valence-electron chi connectivity index (χ3n) is 4.61. The Morgan fingerprint density at radius 3 is 1.89 bits per heavy atom. The van der Waals surface area contributed by atoms with E-state index in [4.69, 9.17) is 0 Å². The fraction of sp³-hybridized carbons (Fsp3) is 0.562. The third kappa shape index (κ3) is 2.34. The van der Waals surface area contributed by atoms with Crippen LogP contribution in [-0.2, 0) is 14.4 Å². The number of Topliss-reactive ketones (excluding diaryl/α,β-unsaturated/α-hetero) is 2. The van der Waals surface area contributed by atoms with Crippen LogP contribution >= 0.6 is 0 Å². The maximum atomic E-state index is 12.4. The van der Waals surface area contributed by atoms with Gasteiger partial charge in [-0.05, 0) is 52.4 Å². The lowest BCUT2D eigenvalue weighted by molar-refractivity contribution is -0.117. The zero-order chi connectivity index (χ0) is 14.2. The average molecular weight is 260 g/mol. The van der Waals surface area contributed by atoms with Gasteiger partial charge in [-0.25, -0.2) is 0 Å². The first-order valence-electron chi connectivity index (χ1n) is 6.90. The van der Waals surface area contributed by atoms with Crippen molar-refractivity contribution in [3.05, 3.63) is 22.3 Å². The minimum atomic E-state index is 0.00427. The second-order valence-electron chi connectivity index (χ2n) is 5.69. The molecule has 3 nitrogen and oxygen atoms in total. The van der Waals surface area contributed by atoms with Crippen LogP contribution < -0.4 is 0 Å². The molecule has 0 bridgehead atoms. The molecule has 2 aliphatic carbocycles. The number of ketones is 2. The lowest BCUT2D eigenvalue weighted by atomic mass is 9.72. The van der Waals surface area contributed by atoms with Gasteiger partial charge in [0, 0.05) is 28.2 Å². The number of hydrogen-bond acceptors (Lipinski definition) is 3. The normalized spacial score (nSPS) is 29.0. The highest BCUT2D eigenvalue weighted by Crippen LogP contribution is 2.38. The van der Waals surface area contributed by atoms with Gasteiger partial charge in [-0.15, -0.1) is 0 Å². The second kappa shape index (κ2) is 5.24. The van der Waals surface area contributed by atoms with E-state index in [0.29, 0.717) is 22.3 Å². The van der Waals surface area contributed by atoms with Gasteiger partial charge in [0.15, 0.2) is 11.6 Å². The standard InChI is InChI=1S/C16H20O3/c1-9-10(2)16(19)14(11(3)15(9)18)13-6-4-12(8-17)5-7-13/h8,12-13H,4-7H2,1-3H3. The SMILES string of the molecule is CC1=C(C)C(=O)C(C2CCC(C=O)CC2)=C(C)C1=O. The zero-order valence-electron chi connectivity index (χ0n) is 11.8. The molecule has 0 aliphatic heterocycles. The van der Waals surface area contributed by atoms with Gasteiger partial charge in [-0.2, -0.15) is 0 Å². The van der Waals surface area contributed by atoms with Crippen molar-refractivity contribution in [2.24, 2.45) is 11.8 Å². The number of carbonyl (C=O) groups is 3. The van der Waals surface area contributed by atoms with Crippen molar-refractivity contribution in [1.29, 1.82) is 0 Å². The molecule has 102 valence electrons. The van der Waals surface area contributed by atoms with Crippen LogP contribution in [0.2, 0.25) is 0 Å². The van der Waals surface area contributed by atoms with Gasteiger partial charge in [-0.1, -0.05) is 0 Å². The first-order valence-corrected chi connectivity index (χ1v) is 6.90. The van der Waals surface area contributed by atoms with Crippen LogP contribution in [-0.4, -0.2) is 17.9 Å². The predicted octanol–water partition coefficient (Wildman–Crippen LogP) is 2.80. The summed E-state index contributed by atoms with van der Waals surface area (Å²) in [5.74, 6) is 0.314. The molecule has 3 heteroatoms. The van der Waals surface area contributed by atoms with E-state index in [9.17, 15) is 14.4 Å². The van der Waals surface area contributed by atoms with Crippen LogP contribution in [0.25, 0.3) is 0 Å².